The number of sulfonamides is 1. The van der Waals surface area contributed by atoms with Gasteiger partial charge in [0, 0.05) is 32.2 Å². The number of benzene rings is 3. The van der Waals surface area contributed by atoms with E-state index in [-0.39, 0.29) is 0 Å². The van der Waals surface area contributed by atoms with E-state index in [4.69, 9.17) is 0 Å². The third-order valence-corrected chi connectivity index (χ3v) is 7.91. The predicted molar refractivity (Wildman–Crippen MR) is 115 cm³/mol. The first-order valence-electron chi connectivity index (χ1n) is 10.1. The normalized spacial score (nSPS) is 18.2. The molecule has 5 heteroatoms. The van der Waals surface area contributed by atoms with Crippen molar-refractivity contribution in [3.8, 4) is 11.1 Å². The Morgan fingerprint density at radius 2 is 1.45 bits per heavy atom. The topological polar surface area (TPSA) is 40.6 Å². The number of fused-ring (bicyclic) bond motifs is 1. The van der Waals surface area contributed by atoms with Crippen LogP contribution < -0.4 is 0 Å². The van der Waals surface area contributed by atoms with Crippen molar-refractivity contribution in [2.45, 2.75) is 23.9 Å². The fourth-order valence-electron chi connectivity index (χ4n) is 4.29. The minimum absolute atomic E-state index is 0.301. The molecule has 29 heavy (non-hydrogen) atoms. The zero-order chi connectivity index (χ0) is 19.8. The van der Waals surface area contributed by atoms with Crippen LogP contribution in [0.1, 0.15) is 11.1 Å². The van der Waals surface area contributed by atoms with Crippen LogP contribution in [0, 0.1) is 0 Å². The molecule has 0 atom stereocenters. The lowest BCUT2D eigenvalue weighted by Gasteiger charge is -2.46. The van der Waals surface area contributed by atoms with Gasteiger partial charge in [0.25, 0.3) is 0 Å². The highest BCUT2D eigenvalue weighted by molar-refractivity contribution is 7.89. The van der Waals surface area contributed by atoms with E-state index >= 15 is 0 Å². The fourth-order valence-corrected chi connectivity index (χ4v) is 5.85. The van der Waals surface area contributed by atoms with Crippen molar-refractivity contribution < 1.29 is 8.42 Å². The minimum atomic E-state index is -3.46. The summed E-state index contributed by atoms with van der Waals surface area (Å²) in [5.74, 6) is 0. The lowest BCUT2D eigenvalue weighted by molar-refractivity contribution is 0.0769. The third-order valence-electron chi connectivity index (χ3n) is 6.08. The lowest BCUT2D eigenvalue weighted by atomic mass is 9.97. The highest BCUT2D eigenvalue weighted by Crippen LogP contribution is 2.30. The standard InChI is InChI=1S/C24H24N2O2S/c27-29(28,24-12-6-11-21(15-24)19-7-2-1-3-8-19)26-17-23(18-26)25-14-13-20-9-4-5-10-22(20)16-25/h1-12,15,23H,13-14,16-18H2. The van der Waals surface area contributed by atoms with Crippen molar-refractivity contribution in [2.75, 3.05) is 19.6 Å². The van der Waals surface area contributed by atoms with Crippen molar-refractivity contribution >= 4 is 10.0 Å². The summed E-state index contributed by atoms with van der Waals surface area (Å²) in [4.78, 5) is 2.80. The summed E-state index contributed by atoms with van der Waals surface area (Å²) in [6.07, 6.45) is 1.04. The van der Waals surface area contributed by atoms with Crippen LogP contribution in [0.5, 0.6) is 0 Å². The second-order valence-electron chi connectivity index (χ2n) is 7.86. The Morgan fingerprint density at radius 3 is 2.24 bits per heavy atom. The van der Waals surface area contributed by atoms with Crippen LogP contribution >= 0.6 is 0 Å². The number of nitrogens with zero attached hydrogens (tertiary/aromatic N) is 2. The molecule has 3 aromatic carbocycles. The summed E-state index contributed by atoms with van der Waals surface area (Å²) in [5, 5.41) is 0. The van der Waals surface area contributed by atoms with E-state index in [1.165, 1.54) is 11.1 Å². The highest BCUT2D eigenvalue weighted by atomic mass is 32.2. The van der Waals surface area contributed by atoms with Gasteiger partial charge in [0.1, 0.15) is 0 Å². The SMILES string of the molecule is O=S(=O)(c1cccc(-c2ccccc2)c1)N1CC(N2CCc3ccccc3C2)C1. The van der Waals surface area contributed by atoms with Crippen LogP contribution in [0.4, 0.5) is 0 Å². The molecule has 2 aliphatic heterocycles. The molecule has 1 saturated heterocycles. The van der Waals surface area contributed by atoms with Gasteiger partial charge in [0.2, 0.25) is 10.0 Å². The zero-order valence-electron chi connectivity index (χ0n) is 16.2. The largest absolute Gasteiger partial charge is 0.293 e. The van der Waals surface area contributed by atoms with E-state index in [1.807, 2.05) is 42.5 Å². The Bertz CT molecular complexity index is 1120. The molecule has 148 valence electrons. The molecule has 1 fully saturated rings. The number of hydrogen-bond acceptors (Lipinski definition) is 3. The molecule has 2 aliphatic rings. The Labute approximate surface area is 172 Å². The molecule has 5 rings (SSSR count). The van der Waals surface area contributed by atoms with Crippen molar-refractivity contribution in [3.05, 3.63) is 90.0 Å². The van der Waals surface area contributed by atoms with E-state index in [0.717, 1.165) is 30.6 Å². The molecular formula is C24H24N2O2S. The molecule has 0 radical (unpaired) electrons. The zero-order valence-corrected chi connectivity index (χ0v) is 17.1. The Kier molecular flexibility index (Phi) is 4.74. The molecule has 0 aliphatic carbocycles. The Hall–Kier alpha value is -2.47. The van der Waals surface area contributed by atoms with Gasteiger partial charge in [0.05, 0.1) is 4.90 Å². The van der Waals surface area contributed by atoms with Crippen molar-refractivity contribution in [3.63, 3.8) is 0 Å². The summed E-state index contributed by atoms with van der Waals surface area (Å²) >= 11 is 0. The molecule has 4 nitrogen and oxygen atoms in total. The average molecular weight is 405 g/mol. The molecule has 0 saturated carbocycles. The maximum absolute atomic E-state index is 13.1. The number of rotatable bonds is 4. The molecular weight excluding hydrogens is 380 g/mol. The molecule has 0 bridgehead atoms. The molecule has 0 spiro atoms. The highest BCUT2D eigenvalue weighted by Gasteiger charge is 2.40. The molecule has 2 heterocycles. The second kappa shape index (κ2) is 7.41. The van der Waals surface area contributed by atoms with Crippen LogP contribution in [0.2, 0.25) is 0 Å². The van der Waals surface area contributed by atoms with Crippen molar-refractivity contribution in [2.24, 2.45) is 0 Å². The van der Waals surface area contributed by atoms with E-state index in [0.29, 0.717) is 24.0 Å². The van der Waals surface area contributed by atoms with Crippen LogP contribution in [-0.2, 0) is 23.0 Å². The Balaban J connectivity index is 1.29. The summed E-state index contributed by atoms with van der Waals surface area (Å²) < 4.78 is 27.9. The molecule has 0 amide bonds. The Morgan fingerprint density at radius 1 is 0.759 bits per heavy atom. The van der Waals surface area contributed by atoms with Crippen LogP contribution in [0.15, 0.2) is 83.8 Å². The fraction of sp³-hybridized carbons (Fsp3) is 0.250. The van der Waals surface area contributed by atoms with Gasteiger partial charge < -0.3 is 0 Å². The maximum atomic E-state index is 13.1. The van der Waals surface area contributed by atoms with E-state index in [2.05, 4.69) is 29.2 Å². The van der Waals surface area contributed by atoms with Gasteiger partial charge in [-0.1, -0.05) is 66.7 Å². The second-order valence-corrected chi connectivity index (χ2v) is 9.80. The monoisotopic (exact) mass is 404 g/mol. The van der Waals surface area contributed by atoms with E-state index in [1.54, 1.807) is 16.4 Å². The lowest BCUT2D eigenvalue weighted by Crippen LogP contribution is -2.61. The van der Waals surface area contributed by atoms with Gasteiger partial charge >= 0.3 is 0 Å². The molecule has 0 unspecified atom stereocenters. The average Bonchev–Trinajstić information content (AvgIpc) is 2.73. The molecule has 0 aromatic heterocycles. The van der Waals surface area contributed by atoms with Crippen molar-refractivity contribution in [1.82, 2.24) is 9.21 Å². The third kappa shape index (κ3) is 3.50. The first-order valence-corrected chi connectivity index (χ1v) is 11.5. The van der Waals surface area contributed by atoms with Gasteiger partial charge in [-0.05, 0) is 40.8 Å². The van der Waals surface area contributed by atoms with Gasteiger partial charge in [-0.2, -0.15) is 4.31 Å². The van der Waals surface area contributed by atoms with E-state index in [9.17, 15) is 8.42 Å². The summed E-state index contributed by atoms with van der Waals surface area (Å²) in [5.41, 5.74) is 4.75. The van der Waals surface area contributed by atoms with Gasteiger partial charge in [-0.15, -0.1) is 0 Å². The van der Waals surface area contributed by atoms with Gasteiger partial charge in [0.15, 0.2) is 0 Å². The maximum Gasteiger partial charge on any atom is 0.243 e. The van der Waals surface area contributed by atoms with Crippen LogP contribution in [-0.4, -0.2) is 43.3 Å². The minimum Gasteiger partial charge on any atom is -0.293 e. The summed E-state index contributed by atoms with van der Waals surface area (Å²) in [6.45, 7) is 3.05. The smallest absolute Gasteiger partial charge is 0.243 e. The van der Waals surface area contributed by atoms with Crippen molar-refractivity contribution in [1.29, 1.82) is 0 Å². The summed E-state index contributed by atoms with van der Waals surface area (Å²) in [6, 6.07) is 26.0. The molecule has 3 aromatic rings. The molecule has 0 N–H and O–H groups in total. The quantitative estimate of drug-likeness (QED) is 0.664. The van der Waals surface area contributed by atoms with Gasteiger partial charge in [-0.3, -0.25) is 4.90 Å². The first-order chi connectivity index (χ1) is 14.1. The summed E-state index contributed by atoms with van der Waals surface area (Å²) in [7, 11) is -3.46. The van der Waals surface area contributed by atoms with E-state index < -0.39 is 10.0 Å². The first kappa shape index (κ1) is 18.6. The van der Waals surface area contributed by atoms with Gasteiger partial charge in [-0.25, -0.2) is 8.42 Å². The number of hydrogen-bond donors (Lipinski definition) is 0. The van der Waals surface area contributed by atoms with Crippen LogP contribution in [0.25, 0.3) is 11.1 Å². The predicted octanol–water partition coefficient (Wildman–Crippen LogP) is 3.78. The van der Waals surface area contributed by atoms with Crippen LogP contribution in [0.3, 0.4) is 0 Å².